The van der Waals surface area contributed by atoms with Crippen LogP contribution in [0.4, 0.5) is 0 Å². The largest absolute Gasteiger partial charge is 0.324 e. The van der Waals surface area contributed by atoms with Crippen molar-refractivity contribution in [2.45, 2.75) is 38.6 Å². The van der Waals surface area contributed by atoms with Gasteiger partial charge in [-0.15, -0.1) is 0 Å². The molecule has 3 atom stereocenters. The molecule has 0 aliphatic heterocycles. The van der Waals surface area contributed by atoms with Crippen LogP contribution in [0, 0.1) is 11.8 Å². The normalized spacial score (nSPS) is 24.7. The predicted molar refractivity (Wildman–Crippen MR) is 79.8 cm³/mol. The molecule has 1 aromatic carbocycles. The molecule has 3 unspecified atom stereocenters. The van der Waals surface area contributed by atoms with Crippen LogP contribution in [0.1, 0.15) is 44.2 Å². The Bertz CT molecular complexity index is 564. The highest BCUT2D eigenvalue weighted by Crippen LogP contribution is 2.39. The Balaban J connectivity index is 1.83. The SMILES string of the molecule is CCC1CCC(C(N)c2cnc3ccccc3c2)C1. The van der Waals surface area contributed by atoms with Crippen molar-refractivity contribution in [3.8, 4) is 0 Å². The van der Waals surface area contributed by atoms with Crippen molar-refractivity contribution in [3.63, 3.8) is 0 Å². The van der Waals surface area contributed by atoms with Gasteiger partial charge in [-0.2, -0.15) is 0 Å². The molecule has 1 fully saturated rings. The summed E-state index contributed by atoms with van der Waals surface area (Å²) >= 11 is 0. The summed E-state index contributed by atoms with van der Waals surface area (Å²) in [6.07, 6.45) is 7.15. The first-order chi connectivity index (χ1) is 9.28. The molecule has 1 saturated carbocycles. The van der Waals surface area contributed by atoms with Crippen molar-refractivity contribution in [2.75, 3.05) is 0 Å². The van der Waals surface area contributed by atoms with Gasteiger partial charge in [-0.05, 0) is 42.4 Å². The first-order valence-electron chi connectivity index (χ1n) is 7.38. The van der Waals surface area contributed by atoms with E-state index in [1.165, 1.54) is 36.6 Å². The summed E-state index contributed by atoms with van der Waals surface area (Å²) in [5.41, 5.74) is 8.72. The molecule has 3 rings (SSSR count). The van der Waals surface area contributed by atoms with Crippen molar-refractivity contribution >= 4 is 10.9 Å². The van der Waals surface area contributed by atoms with Crippen LogP contribution in [-0.2, 0) is 0 Å². The summed E-state index contributed by atoms with van der Waals surface area (Å²) in [5.74, 6) is 1.51. The lowest BCUT2D eigenvalue weighted by atomic mass is 9.91. The van der Waals surface area contributed by atoms with E-state index in [0.29, 0.717) is 5.92 Å². The molecule has 2 heteroatoms. The molecule has 0 saturated heterocycles. The highest BCUT2D eigenvalue weighted by molar-refractivity contribution is 5.78. The van der Waals surface area contributed by atoms with Gasteiger partial charge in [-0.1, -0.05) is 38.0 Å². The lowest BCUT2D eigenvalue weighted by Crippen LogP contribution is -2.19. The first-order valence-corrected chi connectivity index (χ1v) is 7.38. The number of benzene rings is 1. The number of fused-ring (bicyclic) bond motifs is 1. The minimum Gasteiger partial charge on any atom is -0.324 e. The third-order valence-corrected chi connectivity index (χ3v) is 4.66. The van der Waals surface area contributed by atoms with E-state index >= 15 is 0 Å². The van der Waals surface area contributed by atoms with E-state index in [9.17, 15) is 0 Å². The number of rotatable bonds is 3. The second-order valence-electron chi connectivity index (χ2n) is 5.83. The van der Waals surface area contributed by atoms with E-state index in [0.717, 1.165) is 11.4 Å². The zero-order chi connectivity index (χ0) is 13.2. The van der Waals surface area contributed by atoms with Gasteiger partial charge in [0, 0.05) is 17.6 Å². The second kappa shape index (κ2) is 5.30. The van der Waals surface area contributed by atoms with E-state index in [1.807, 2.05) is 18.3 Å². The van der Waals surface area contributed by atoms with Crippen LogP contribution < -0.4 is 5.73 Å². The molecule has 1 heterocycles. The van der Waals surface area contributed by atoms with E-state index in [-0.39, 0.29) is 6.04 Å². The lowest BCUT2D eigenvalue weighted by Gasteiger charge is -2.20. The second-order valence-corrected chi connectivity index (χ2v) is 5.83. The number of hydrogen-bond donors (Lipinski definition) is 1. The highest BCUT2D eigenvalue weighted by atomic mass is 14.7. The third-order valence-electron chi connectivity index (χ3n) is 4.66. The fourth-order valence-electron chi connectivity index (χ4n) is 3.35. The van der Waals surface area contributed by atoms with Gasteiger partial charge >= 0.3 is 0 Å². The van der Waals surface area contributed by atoms with Gasteiger partial charge < -0.3 is 5.73 Å². The Kier molecular flexibility index (Phi) is 3.52. The number of pyridine rings is 1. The Hall–Kier alpha value is -1.41. The number of nitrogens with zero attached hydrogens (tertiary/aromatic N) is 1. The Morgan fingerprint density at radius 1 is 1.32 bits per heavy atom. The van der Waals surface area contributed by atoms with Crippen LogP contribution in [0.25, 0.3) is 10.9 Å². The van der Waals surface area contributed by atoms with Gasteiger partial charge in [0.05, 0.1) is 5.52 Å². The van der Waals surface area contributed by atoms with Crippen LogP contribution >= 0.6 is 0 Å². The summed E-state index contributed by atoms with van der Waals surface area (Å²) in [6.45, 7) is 2.29. The number of para-hydroxylation sites is 1. The fourth-order valence-corrected chi connectivity index (χ4v) is 3.35. The number of aromatic nitrogens is 1. The third kappa shape index (κ3) is 2.50. The maximum atomic E-state index is 6.47. The molecule has 100 valence electrons. The zero-order valence-corrected chi connectivity index (χ0v) is 11.5. The van der Waals surface area contributed by atoms with Gasteiger partial charge in [0.1, 0.15) is 0 Å². The number of nitrogens with two attached hydrogens (primary N) is 1. The molecule has 1 aliphatic rings. The molecule has 1 aromatic heterocycles. The Labute approximate surface area is 115 Å². The Morgan fingerprint density at radius 2 is 2.16 bits per heavy atom. The van der Waals surface area contributed by atoms with Crippen molar-refractivity contribution in [1.29, 1.82) is 0 Å². The summed E-state index contributed by atoms with van der Waals surface area (Å²) in [6, 6.07) is 10.6. The standard InChI is InChI=1S/C17H22N2/c1-2-12-7-8-14(9-12)17(18)15-10-13-5-3-4-6-16(13)19-11-15/h3-6,10-12,14,17H,2,7-9,18H2,1H3. The molecule has 1 aliphatic carbocycles. The van der Waals surface area contributed by atoms with Crippen LogP contribution in [0.5, 0.6) is 0 Å². The van der Waals surface area contributed by atoms with Gasteiger partial charge in [0.2, 0.25) is 0 Å². The molecule has 2 nitrogen and oxygen atoms in total. The predicted octanol–water partition coefficient (Wildman–Crippen LogP) is 4.06. The average molecular weight is 254 g/mol. The summed E-state index contributed by atoms with van der Waals surface area (Å²) in [7, 11) is 0. The molecule has 0 radical (unpaired) electrons. The van der Waals surface area contributed by atoms with E-state index < -0.39 is 0 Å². The Morgan fingerprint density at radius 3 is 2.95 bits per heavy atom. The first kappa shape index (κ1) is 12.6. The quantitative estimate of drug-likeness (QED) is 0.897. The van der Waals surface area contributed by atoms with Crippen LogP contribution in [0.2, 0.25) is 0 Å². The van der Waals surface area contributed by atoms with Gasteiger partial charge in [-0.25, -0.2) is 0 Å². The molecule has 0 spiro atoms. The summed E-state index contributed by atoms with van der Waals surface area (Å²) in [5, 5.41) is 1.19. The minimum absolute atomic E-state index is 0.147. The maximum Gasteiger partial charge on any atom is 0.0702 e. The van der Waals surface area contributed by atoms with Crippen LogP contribution in [-0.4, -0.2) is 4.98 Å². The summed E-state index contributed by atoms with van der Waals surface area (Å²) in [4.78, 5) is 4.53. The molecule has 2 N–H and O–H groups in total. The number of hydrogen-bond acceptors (Lipinski definition) is 2. The van der Waals surface area contributed by atoms with Gasteiger partial charge in [0.15, 0.2) is 0 Å². The topological polar surface area (TPSA) is 38.9 Å². The van der Waals surface area contributed by atoms with Crippen molar-refractivity contribution in [1.82, 2.24) is 4.98 Å². The van der Waals surface area contributed by atoms with E-state index in [2.05, 4.69) is 30.1 Å². The molecule has 0 amide bonds. The van der Waals surface area contributed by atoms with Crippen molar-refractivity contribution in [2.24, 2.45) is 17.6 Å². The molecular weight excluding hydrogens is 232 g/mol. The van der Waals surface area contributed by atoms with Crippen molar-refractivity contribution < 1.29 is 0 Å². The van der Waals surface area contributed by atoms with Gasteiger partial charge in [-0.3, -0.25) is 4.98 Å². The zero-order valence-electron chi connectivity index (χ0n) is 11.5. The smallest absolute Gasteiger partial charge is 0.0702 e. The lowest BCUT2D eigenvalue weighted by molar-refractivity contribution is 0.416. The van der Waals surface area contributed by atoms with Crippen molar-refractivity contribution in [3.05, 3.63) is 42.1 Å². The molecule has 2 aromatic rings. The molecule has 0 bridgehead atoms. The average Bonchev–Trinajstić information content (AvgIpc) is 2.95. The van der Waals surface area contributed by atoms with E-state index in [4.69, 9.17) is 5.73 Å². The maximum absolute atomic E-state index is 6.47. The van der Waals surface area contributed by atoms with Gasteiger partial charge in [0.25, 0.3) is 0 Å². The van der Waals surface area contributed by atoms with Crippen LogP contribution in [0.15, 0.2) is 36.5 Å². The van der Waals surface area contributed by atoms with E-state index in [1.54, 1.807) is 0 Å². The monoisotopic (exact) mass is 254 g/mol. The highest BCUT2D eigenvalue weighted by Gasteiger charge is 2.28. The summed E-state index contributed by atoms with van der Waals surface area (Å²) < 4.78 is 0. The molecular formula is C17H22N2. The fraction of sp³-hybridized carbons (Fsp3) is 0.471. The van der Waals surface area contributed by atoms with Crippen LogP contribution in [0.3, 0.4) is 0 Å². The molecule has 19 heavy (non-hydrogen) atoms. The minimum atomic E-state index is 0.147.